The summed E-state index contributed by atoms with van der Waals surface area (Å²) >= 11 is 0. The summed E-state index contributed by atoms with van der Waals surface area (Å²) in [5, 5.41) is 10.2. The van der Waals surface area contributed by atoms with E-state index in [1.54, 1.807) is 6.08 Å². The van der Waals surface area contributed by atoms with Crippen molar-refractivity contribution in [2.75, 3.05) is 6.54 Å². The van der Waals surface area contributed by atoms with E-state index >= 15 is 0 Å². The summed E-state index contributed by atoms with van der Waals surface area (Å²) in [5.74, 6) is -0.208. The smallest absolute Gasteiger partial charge is 0.331 e. The van der Waals surface area contributed by atoms with Crippen LogP contribution in [-0.2, 0) is 9.53 Å². The Morgan fingerprint density at radius 3 is 3.24 bits per heavy atom. The molecule has 4 atom stereocenters. The largest absolute Gasteiger partial charge is 0.450 e. The molecule has 0 amide bonds. The number of esters is 1. The van der Waals surface area contributed by atoms with Gasteiger partial charge in [0.1, 0.15) is 0 Å². The molecule has 1 spiro atoms. The van der Waals surface area contributed by atoms with Gasteiger partial charge in [-0.25, -0.2) is 4.79 Å². The average Bonchev–Trinajstić information content (AvgIpc) is 2.64. The molecule has 92 valence electrons. The first-order chi connectivity index (χ1) is 8.21. The number of ether oxygens (including phenoxy) is 1. The van der Waals surface area contributed by atoms with Crippen molar-refractivity contribution in [3.05, 3.63) is 11.6 Å². The molecule has 5 aliphatic rings. The molecule has 4 aliphatic heterocycles. The maximum atomic E-state index is 11.6. The summed E-state index contributed by atoms with van der Waals surface area (Å²) in [4.78, 5) is 14.0. The number of carbonyl (C=O) groups excluding carboxylic acids is 1. The molecular weight excluding hydrogens is 218 g/mol. The zero-order valence-corrected chi connectivity index (χ0v) is 9.76. The van der Waals surface area contributed by atoms with Crippen molar-refractivity contribution in [2.24, 2.45) is 0 Å². The lowest BCUT2D eigenvalue weighted by atomic mass is 9.64. The Balaban J connectivity index is 1.82. The number of rotatable bonds is 0. The Kier molecular flexibility index (Phi) is 1.85. The molecule has 5 rings (SSSR count). The van der Waals surface area contributed by atoms with Crippen LogP contribution < -0.4 is 0 Å². The Labute approximate surface area is 100 Å². The number of carbonyl (C=O) groups is 1. The van der Waals surface area contributed by atoms with Gasteiger partial charge in [-0.2, -0.15) is 0 Å². The highest BCUT2D eigenvalue weighted by Crippen LogP contribution is 2.53. The molecule has 0 aromatic rings. The third-order valence-electron chi connectivity index (χ3n) is 5.01. The number of hydrogen-bond acceptors (Lipinski definition) is 4. The van der Waals surface area contributed by atoms with Crippen LogP contribution >= 0.6 is 0 Å². The molecule has 0 radical (unpaired) electrons. The lowest BCUT2D eigenvalue weighted by molar-refractivity contribution is -0.188. The van der Waals surface area contributed by atoms with Gasteiger partial charge in [0.2, 0.25) is 0 Å². The molecule has 1 aliphatic carbocycles. The van der Waals surface area contributed by atoms with Gasteiger partial charge in [0.05, 0.1) is 12.1 Å². The van der Waals surface area contributed by atoms with Crippen molar-refractivity contribution in [1.82, 2.24) is 4.90 Å². The first kappa shape index (κ1) is 10.1. The lowest BCUT2D eigenvalue weighted by Crippen LogP contribution is -2.71. The molecule has 17 heavy (non-hydrogen) atoms. The zero-order valence-electron chi connectivity index (χ0n) is 9.76. The van der Waals surface area contributed by atoms with Crippen LogP contribution in [-0.4, -0.2) is 46.3 Å². The molecule has 4 nitrogen and oxygen atoms in total. The van der Waals surface area contributed by atoms with E-state index in [0.717, 1.165) is 25.0 Å². The van der Waals surface area contributed by atoms with Gasteiger partial charge in [0.15, 0.2) is 5.60 Å². The van der Waals surface area contributed by atoms with Crippen molar-refractivity contribution in [2.45, 2.75) is 55.9 Å². The predicted octanol–water partition coefficient (Wildman–Crippen LogP) is 0.600. The predicted molar refractivity (Wildman–Crippen MR) is 60.3 cm³/mol. The van der Waals surface area contributed by atoms with Gasteiger partial charge in [-0.05, 0) is 31.4 Å². The minimum absolute atomic E-state index is 0.208. The summed E-state index contributed by atoms with van der Waals surface area (Å²) in [6.45, 7) is 1.04. The van der Waals surface area contributed by atoms with Crippen LogP contribution in [0.1, 0.15) is 32.1 Å². The Bertz CT molecular complexity index is 419. The first-order valence-electron chi connectivity index (χ1n) is 6.58. The van der Waals surface area contributed by atoms with E-state index in [2.05, 4.69) is 4.90 Å². The maximum absolute atomic E-state index is 11.6. The van der Waals surface area contributed by atoms with Gasteiger partial charge in [-0.3, -0.25) is 4.90 Å². The third kappa shape index (κ3) is 1.13. The van der Waals surface area contributed by atoms with E-state index < -0.39 is 5.60 Å². The molecule has 2 bridgehead atoms. The van der Waals surface area contributed by atoms with E-state index in [9.17, 15) is 9.90 Å². The molecule has 1 saturated carbocycles. The van der Waals surface area contributed by atoms with E-state index in [4.69, 9.17) is 4.74 Å². The number of hydrogen-bond donors (Lipinski definition) is 1. The first-order valence-corrected chi connectivity index (χ1v) is 6.58. The molecule has 0 unspecified atom stereocenters. The van der Waals surface area contributed by atoms with Gasteiger partial charge in [0.25, 0.3) is 0 Å². The van der Waals surface area contributed by atoms with Crippen LogP contribution in [0.25, 0.3) is 0 Å². The van der Waals surface area contributed by atoms with Crippen LogP contribution in [0.2, 0.25) is 0 Å². The van der Waals surface area contributed by atoms with E-state index in [1.165, 1.54) is 12.8 Å². The third-order valence-corrected chi connectivity index (χ3v) is 5.01. The number of aliphatic hydroxyl groups is 1. The summed E-state index contributed by atoms with van der Waals surface area (Å²) in [6, 6.07) is 0.527. The second-order valence-electron chi connectivity index (χ2n) is 5.77. The van der Waals surface area contributed by atoms with Crippen molar-refractivity contribution < 1.29 is 14.6 Å². The summed E-state index contributed by atoms with van der Waals surface area (Å²) < 4.78 is 5.65. The molecule has 4 heteroatoms. The number of aliphatic hydroxyl groups excluding tert-OH is 1. The van der Waals surface area contributed by atoms with Crippen molar-refractivity contribution in [1.29, 1.82) is 0 Å². The van der Waals surface area contributed by atoms with E-state index in [1.807, 2.05) is 0 Å². The van der Waals surface area contributed by atoms with Gasteiger partial charge < -0.3 is 9.84 Å². The zero-order chi connectivity index (χ0) is 11.6. The normalized spacial score (nSPS) is 48.4. The van der Waals surface area contributed by atoms with E-state index in [-0.39, 0.29) is 18.1 Å². The fourth-order valence-electron chi connectivity index (χ4n) is 4.36. The highest BCUT2D eigenvalue weighted by molar-refractivity contribution is 5.87. The highest BCUT2D eigenvalue weighted by atomic mass is 16.6. The average molecular weight is 235 g/mol. The van der Waals surface area contributed by atoms with E-state index in [0.29, 0.717) is 12.5 Å². The van der Waals surface area contributed by atoms with Gasteiger partial charge >= 0.3 is 5.97 Å². The van der Waals surface area contributed by atoms with Gasteiger partial charge in [0, 0.05) is 18.5 Å². The molecule has 0 aromatic carbocycles. The number of fused-ring (bicyclic) bond motifs is 1. The quantitative estimate of drug-likeness (QED) is 0.625. The second kappa shape index (κ2) is 3.12. The molecular formula is C13H17NO3. The van der Waals surface area contributed by atoms with Crippen LogP contribution in [0, 0.1) is 0 Å². The Morgan fingerprint density at radius 2 is 2.35 bits per heavy atom. The number of nitrogens with zero attached hydrogens (tertiary/aromatic N) is 1. The monoisotopic (exact) mass is 235 g/mol. The van der Waals surface area contributed by atoms with Crippen LogP contribution in [0.3, 0.4) is 0 Å². The summed E-state index contributed by atoms with van der Waals surface area (Å²) in [5.41, 5.74) is 0.659. The van der Waals surface area contributed by atoms with Crippen molar-refractivity contribution >= 4 is 5.97 Å². The fourth-order valence-corrected chi connectivity index (χ4v) is 4.36. The fraction of sp³-hybridized carbons (Fsp3) is 0.769. The standard InChI is InChI=1S/C13H17NO3/c15-10-7-13-8(6-12(16)17-13)5-9(10)14-4-2-1-3-11(13)14/h6,9-11,15H,1-5,7H2/t9-,10+,11-,13+/m1/s1. The Morgan fingerprint density at radius 1 is 1.47 bits per heavy atom. The van der Waals surface area contributed by atoms with Crippen LogP contribution in [0.15, 0.2) is 11.6 Å². The molecule has 3 saturated heterocycles. The maximum Gasteiger partial charge on any atom is 0.331 e. The van der Waals surface area contributed by atoms with Crippen LogP contribution in [0.4, 0.5) is 0 Å². The molecule has 4 heterocycles. The van der Waals surface area contributed by atoms with Gasteiger partial charge in [-0.15, -0.1) is 0 Å². The molecule has 0 aromatic heterocycles. The van der Waals surface area contributed by atoms with Crippen LogP contribution in [0.5, 0.6) is 0 Å². The SMILES string of the molecule is O=C1C=C2C[C@@H]3[C@@H](O)C[C@@]2(O1)[C@H]1CCCCN31. The molecule has 4 fully saturated rings. The summed E-state index contributed by atoms with van der Waals surface area (Å²) in [6.07, 6.45) is 6.24. The Hall–Kier alpha value is -0.870. The topological polar surface area (TPSA) is 49.8 Å². The van der Waals surface area contributed by atoms with Gasteiger partial charge in [-0.1, -0.05) is 6.42 Å². The van der Waals surface area contributed by atoms with Crippen molar-refractivity contribution in [3.63, 3.8) is 0 Å². The lowest BCUT2D eigenvalue weighted by Gasteiger charge is -2.60. The number of piperidine rings is 3. The second-order valence-corrected chi connectivity index (χ2v) is 5.77. The minimum Gasteiger partial charge on any atom is -0.450 e. The van der Waals surface area contributed by atoms with Crippen molar-refractivity contribution in [3.8, 4) is 0 Å². The highest BCUT2D eigenvalue weighted by Gasteiger charge is 2.62. The summed E-state index contributed by atoms with van der Waals surface area (Å²) in [7, 11) is 0. The minimum atomic E-state index is -0.480. The molecule has 1 N–H and O–H groups in total.